The molecule has 28 heavy (non-hydrogen) atoms. The van der Waals surface area contributed by atoms with Crippen molar-refractivity contribution in [3.63, 3.8) is 0 Å². The van der Waals surface area contributed by atoms with E-state index < -0.39 is 6.17 Å². The van der Waals surface area contributed by atoms with Crippen molar-refractivity contribution in [1.29, 1.82) is 0 Å². The number of aromatic nitrogens is 6. The first-order valence-electron chi connectivity index (χ1n) is 9.67. The zero-order chi connectivity index (χ0) is 19.1. The molecule has 3 unspecified atom stereocenters. The molecule has 9 nitrogen and oxygen atoms in total. The van der Waals surface area contributed by atoms with Crippen molar-refractivity contribution in [2.24, 2.45) is 5.92 Å². The Hall–Kier alpha value is -2.75. The summed E-state index contributed by atoms with van der Waals surface area (Å²) in [4.78, 5) is 11.6. The average molecular weight is 386 g/mol. The molecule has 2 fully saturated rings. The summed E-state index contributed by atoms with van der Waals surface area (Å²) in [5.74, 6) is 1.02. The van der Waals surface area contributed by atoms with Gasteiger partial charge >= 0.3 is 0 Å². The Morgan fingerprint density at radius 2 is 2.29 bits per heavy atom. The van der Waals surface area contributed by atoms with Crippen LogP contribution in [0.2, 0.25) is 0 Å². The quantitative estimate of drug-likeness (QED) is 0.707. The zero-order valence-corrected chi connectivity index (χ0v) is 15.7. The number of halogens is 1. The number of H-pyrrole nitrogens is 1. The summed E-state index contributed by atoms with van der Waals surface area (Å²) >= 11 is 0. The Labute approximate surface area is 161 Å². The fourth-order valence-electron chi connectivity index (χ4n) is 3.96. The molecular formula is C18H23FN8O. The number of nitrogens with one attached hydrogen (secondary N) is 2. The molecule has 5 rings (SSSR count). The van der Waals surface area contributed by atoms with Gasteiger partial charge in [0, 0.05) is 31.5 Å². The van der Waals surface area contributed by atoms with Crippen molar-refractivity contribution < 1.29 is 9.13 Å². The third-order valence-electron chi connectivity index (χ3n) is 5.48. The molecule has 5 heterocycles. The maximum Gasteiger partial charge on any atom is 0.243 e. The van der Waals surface area contributed by atoms with Crippen molar-refractivity contribution >= 4 is 17.3 Å². The lowest BCUT2D eigenvalue weighted by atomic mass is 10.1. The standard InChI is InChI=1S/C18H23FN8O/c1-11-2-4-26(8-11)16-15(12-6-21-22-7-12)20-10-27-17(16)24-18(25-27)23-14-3-5-28-9-13(14)19/h6-7,10-11,13-14H,2-5,8-9H2,1H3,(H,21,22)(H,23,25). The first-order chi connectivity index (χ1) is 13.7. The van der Waals surface area contributed by atoms with Crippen LogP contribution in [0.1, 0.15) is 19.8 Å². The van der Waals surface area contributed by atoms with E-state index in [-0.39, 0.29) is 12.6 Å². The van der Waals surface area contributed by atoms with Gasteiger partial charge in [0.2, 0.25) is 5.95 Å². The smallest absolute Gasteiger partial charge is 0.243 e. The molecule has 2 aliphatic rings. The second kappa shape index (κ2) is 7.01. The highest BCUT2D eigenvalue weighted by atomic mass is 19.1. The number of alkyl halides is 1. The summed E-state index contributed by atoms with van der Waals surface area (Å²) in [5, 5.41) is 14.5. The van der Waals surface area contributed by atoms with Crippen LogP contribution < -0.4 is 10.2 Å². The number of ether oxygens (including phenoxy) is 1. The lowest BCUT2D eigenvalue weighted by molar-refractivity contribution is 0.0284. The van der Waals surface area contributed by atoms with Crippen molar-refractivity contribution in [3.8, 4) is 11.3 Å². The fourth-order valence-corrected chi connectivity index (χ4v) is 3.96. The van der Waals surface area contributed by atoms with E-state index in [1.165, 1.54) is 0 Å². The number of anilines is 2. The Balaban J connectivity index is 1.56. The van der Waals surface area contributed by atoms with Crippen LogP contribution in [0.3, 0.4) is 0 Å². The van der Waals surface area contributed by atoms with Gasteiger partial charge in [0.05, 0.1) is 18.8 Å². The molecule has 0 amide bonds. The number of hydrogen-bond donors (Lipinski definition) is 2. The topological polar surface area (TPSA) is 96.3 Å². The molecular weight excluding hydrogens is 363 g/mol. The number of aromatic amines is 1. The first kappa shape index (κ1) is 17.4. The van der Waals surface area contributed by atoms with Crippen molar-refractivity contribution in [3.05, 3.63) is 18.7 Å². The Morgan fingerprint density at radius 1 is 1.36 bits per heavy atom. The summed E-state index contributed by atoms with van der Waals surface area (Å²) in [5.41, 5.74) is 3.38. The second-order valence-electron chi connectivity index (χ2n) is 7.60. The molecule has 148 valence electrons. The maximum atomic E-state index is 14.1. The third-order valence-corrected chi connectivity index (χ3v) is 5.48. The predicted molar refractivity (Wildman–Crippen MR) is 102 cm³/mol. The van der Waals surface area contributed by atoms with Gasteiger partial charge < -0.3 is 15.0 Å². The molecule has 2 saturated heterocycles. The van der Waals surface area contributed by atoms with E-state index in [0.29, 0.717) is 30.5 Å². The van der Waals surface area contributed by atoms with Gasteiger partial charge in [0.1, 0.15) is 23.9 Å². The maximum absolute atomic E-state index is 14.1. The van der Waals surface area contributed by atoms with Gasteiger partial charge in [-0.25, -0.2) is 9.37 Å². The Kier molecular flexibility index (Phi) is 4.34. The summed E-state index contributed by atoms with van der Waals surface area (Å²) in [6.07, 6.45) is 5.87. The SMILES string of the molecule is CC1CCN(c2c(-c3cn[nH]c3)ncn3nc(NC4CCOCC4F)nc23)C1. The number of fused-ring (bicyclic) bond motifs is 1. The molecule has 0 saturated carbocycles. The molecule has 0 aliphatic carbocycles. The summed E-state index contributed by atoms with van der Waals surface area (Å²) in [6, 6.07) is -0.345. The minimum Gasteiger partial charge on any atom is -0.378 e. The lowest BCUT2D eigenvalue weighted by Gasteiger charge is -2.26. The van der Waals surface area contributed by atoms with Crippen LogP contribution in [-0.2, 0) is 4.74 Å². The number of nitrogens with zero attached hydrogens (tertiary/aromatic N) is 6. The van der Waals surface area contributed by atoms with Gasteiger partial charge in [-0.1, -0.05) is 6.92 Å². The van der Waals surface area contributed by atoms with Crippen LogP contribution >= 0.6 is 0 Å². The molecule has 10 heteroatoms. The Morgan fingerprint density at radius 3 is 3.04 bits per heavy atom. The average Bonchev–Trinajstić information content (AvgIpc) is 3.43. The molecule has 0 radical (unpaired) electrons. The lowest BCUT2D eigenvalue weighted by Crippen LogP contribution is -2.39. The van der Waals surface area contributed by atoms with E-state index in [4.69, 9.17) is 9.72 Å². The Bertz CT molecular complexity index is 958. The highest BCUT2D eigenvalue weighted by Crippen LogP contribution is 2.35. The molecule has 3 aromatic heterocycles. The molecule has 2 aliphatic heterocycles. The summed E-state index contributed by atoms with van der Waals surface area (Å²) in [6.45, 7) is 4.76. The van der Waals surface area contributed by atoms with Crippen LogP contribution in [0.15, 0.2) is 18.7 Å². The fraction of sp³-hybridized carbons (Fsp3) is 0.556. The van der Waals surface area contributed by atoms with E-state index in [1.54, 1.807) is 17.0 Å². The van der Waals surface area contributed by atoms with Gasteiger partial charge in [-0.15, -0.1) is 5.10 Å². The minimum absolute atomic E-state index is 0.105. The molecule has 0 aromatic carbocycles. The van der Waals surface area contributed by atoms with Crippen molar-refractivity contribution in [2.75, 3.05) is 36.5 Å². The van der Waals surface area contributed by atoms with Gasteiger partial charge in [-0.05, 0) is 18.8 Å². The minimum atomic E-state index is -1.07. The van der Waals surface area contributed by atoms with E-state index >= 15 is 0 Å². The zero-order valence-electron chi connectivity index (χ0n) is 15.7. The van der Waals surface area contributed by atoms with Crippen LogP contribution in [-0.4, -0.2) is 68.3 Å². The van der Waals surface area contributed by atoms with E-state index in [0.717, 1.165) is 36.5 Å². The number of hydrogen-bond acceptors (Lipinski definition) is 7. The third kappa shape index (κ3) is 3.07. The van der Waals surface area contributed by atoms with Crippen LogP contribution in [0.25, 0.3) is 16.9 Å². The normalized spacial score (nSPS) is 25.5. The summed E-state index contributed by atoms with van der Waals surface area (Å²) in [7, 11) is 0. The molecule has 0 bridgehead atoms. The second-order valence-corrected chi connectivity index (χ2v) is 7.60. The summed E-state index contributed by atoms with van der Waals surface area (Å²) < 4.78 is 21.0. The van der Waals surface area contributed by atoms with E-state index in [9.17, 15) is 4.39 Å². The van der Waals surface area contributed by atoms with Gasteiger partial charge in [-0.3, -0.25) is 5.10 Å². The highest BCUT2D eigenvalue weighted by Gasteiger charge is 2.29. The van der Waals surface area contributed by atoms with Gasteiger partial charge in [0.25, 0.3) is 0 Å². The molecule has 3 aromatic rings. The van der Waals surface area contributed by atoms with E-state index in [2.05, 4.69) is 37.4 Å². The van der Waals surface area contributed by atoms with Crippen LogP contribution in [0.4, 0.5) is 16.0 Å². The van der Waals surface area contributed by atoms with Gasteiger partial charge in [0.15, 0.2) is 5.65 Å². The predicted octanol–water partition coefficient (Wildman–Crippen LogP) is 1.90. The highest BCUT2D eigenvalue weighted by molar-refractivity contribution is 5.85. The number of rotatable bonds is 4. The van der Waals surface area contributed by atoms with Crippen molar-refractivity contribution in [1.82, 2.24) is 29.8 Å². The van der Waals surface area contributed by atoms with Crippen LogP contribution in [0.5, 0.6) is 0 Å². The van der Waals surface area contributed by atoms with Gasteiger partial charge in [-0.2, -0.15) is 14.6 Å². The van der Waals surface area contributed by atoms with Crippen LogP contribution in [0, 0.1) is 5.92 Å². The molecule has 2 N–H and O–H groups in total. The first-order valence-corrected chi connectivity index (χ1v) is 9.67. The van der Waals surface area contributed by atoms with Crippen molar-refractivity contribution in [2.45, 2.75) is 32.0 Å². The molecule has 0 spiro atoms. The van der Waals surface area contributed by atoms with E-state index in [1.807, 2.05) is 6.20 Å². The largest absolute Gasteiger partial charge is 0.378 e. The monoisotopic (exact) mass is 386 g/mol. The molecule has 3 atom stereocenters.